The normalized spacial score (nSPS) is 10.9. The first-order valence-electron chi connectivity index (χ1n) is 7.84. The number of hydrazone groups is 1. The average Bonchev–Trinajstić information content (AvgIpc) is 2.48. The molecule has 4 nitrogen and oxygen atoms in total. The van der Waals surface area contributed by atoms with E-state index in [4.69, 9.17) is 0 Å². The first-order chi connectivity index (χ1) is 10.2. The van der Waals surface area contributed by atoms with E-state index < -0.39 is 0 Å². The van der Waals surface area contributed by atoms with Gasteiger partial charge in [0.2, 0.25) is 5.91 Å². The maximum Gasteiger partial charge on any atom is 0.240 e. The molecule has 0 aliphatic heterocycles. The second-order valence-electron chi connectivity index (χ2n) is 5.22. The maximum atomic E-state index is 11.6. The van der Waals surface area contributed by atoms with Crippen LogP contribution < -0.4 is 5.43 Å². The summed E-state index contributed by atoms with van der Waals surface area (Å²) in [7, 11) is 0. The minimum atomic E-state index is -0.0739. The minimum absolute atomic E-state index is 0.0739. The fourth-order valence-corrected chi connectivity index (χ4v) is 2.07. The Labute approximate surface area is 127 Å². The molecule has 0 aliphatic rings. The number of carbonyl (C=O) groups excluding carboxylic acids is 1. The minimum Gasteiger partial charge on any atom is -0.507 e. The Kier molecular flexibility index (Phi) is 8.93. The van der Waals surface area contributed by atoms with Gasteiger partial charge in [-0.1, -0.05) is 57.6 Å². The molecule has 0 fully saturated rings. The Bertz CT molecular complexity index is 444. The number of carbonyl (C=O) groups is 1. The number of unbranched alkanes of at least 4 members (excludes halogenated alkanes) is 6. The molecule has 0 saturated carbocycles. The fourth-order valence-electron chi connectivity index (χ4n) is 2.07. The highest BCUT2D eigenvalue weighted by Crippen LogP contribution is 2.12. The Morgan fingerprint density at radius 2 is 1.81 bits per heavy atom. The molecule has 1 aromatic rings. The number of phenols is 1. The molecular weight excluding hydrogens is 264 g/mol. The van der Waals surface area contributed by atoms with E-state index in [0.29, 0.717) is 12.0 Å². The lowest BCUT2D eigenvalue weighted by atomic mass is 10.1. The summed E-state index contributed by atoms with van der Waals surface area (Å²) in [6, 6.07) is 6.87. The zero-order chi connectivity index (χ0) is 15.3. The standard InChI is InChI=1S/C17H26N2O2/c1-2-3-4-5-6-7-8-13-17(21)19-18-14-15-11-9-10-12-16(15)20/h9-12,14,20H,2-8,13H2,1H3,(H,19,21)/b18-14-. The van der Waals surface area contributed by atoms with Gasteiger partial charge in [-0.3, -0.25) is 4.79 Å². The zero-order valence-corrected chi connectivity index (χ0v) is 12.8. The van der Waals surface area contributed by atoms with Crippen LogP contribution in [-0.4, -0.2) is 17.2 Å². The highest BCUT2D eigenvalue weighted by Gasteiger charge is 2.00. The second kappa shape index (κ2) is 10.9. The van der Waals surface area contributed by atoms with Crippen molar-refractivity contribution >= 4 is 12.1 Å². The van der Waals surface area contributed by atoms with Crippen LogP contribution >= 0.6 is 0 Å². The summed E-state index contributed by atoms with van der Waals surface area (Å²) in [5.74, 6) is 0.0813. The molecule has 0 bridgehead atoms. The van der Waals surface area contributed by atoms with Gasteiger partial charge in [-0.25, -0.2) is 5.43 Å². The van der Waals surface area contributed by atoms with Gasteiger partial charge in [0.25, 0.3) is 0 Å². The number of aromatic hydroxyl groups is 1. The molecule has 0 radical (unpaired) electrons. The molecule has 4 heteroatoms. The topological polar surface area (TPSA) is 61.7 Å². The zero-order valence-electron chi connectivity index (χ0n) is 12.8. The SMILES string of the molecule is CCCCCCCCCC(=O)N/N=C\c1ccccc1O. The Morgan fingerprint density at radius 1 is 1.14 bits per heavy atom. The Balaban J connectivity index is 2.10. The summed E-state index contributed by atoms with van der Waals surface area (Å²) in [4.78, 5) is 11.6. The third kappa shape index (κ3) is 8.12. The number of nitrogens with one attached hydrogen (secondary N) is 1. The van der Waals surface area contributed by atoms with E-state index in [-0.39, 0.29) is 11.7 Å². The molecule has 0 heterocycles. The van der Waals surface area contributed by atoms with E-state index in [1.54, 1.807) is 24.3 Å². The van der Waals surface area contributed by atoms with Crippen LogP contribution in [0.1, 0.15) is 63.9 Å². The number of rotatable bonds is 10. The maximum absolute atomic E-state index is 11.6. The lowest BCUT2D eigenvalue weighted by molar-refractivity contribution is -0.121. The van der Waals surface area contributed by atoms with Gasteiger partial charge >= 0.3 is 0 Å². The number of nitrogens with zero attached hydrogens (tertiary/aromatic N) is 1. The summed E-state index contributed by atoms with van der Waals surface area (Å²) >= 11 is 0. The molecule has 1 amide bonds. The summed E-state index contributed by atoms with van der Waals surface area (Å²) in [5, 5.41) is 13.4. The second-order valence-corrected chi connectivity index (χ2v) is 5.22. The van der Waals surface area contributed by atoms with Crippen molar-refractivity contribution in [2.75, 3.05) is 0 Å². The number of benzene rings is 1. The molecule has 0 atom stereocenters. The summed E-state index contributed by atoms with van der Waals surface area (Å²) in [6.07, 6.45) is 10.3. The highest BCUT2D eigenvalue weighted by atomic mass is 16.3. The average molecular weight is 290 g/mol. The van der Waals surface area contributed by atoms with E-state index in [1.807, 2.05) is 0 Å². The monoisotopic (exact) mass is 290 g/mol. The van der Waals surface area contributed by atoms with Crippen molar-refractivity contribution in [1.82, 2.24) is 5.43 Å². The molecule has 2 N–H and O–H groups in total. The van der Waals surface area contributed by atoms with Crippen LogP contribution in [0.3, 0.4) is 0 Å². The summed E-state index contributed by atoms with van der Waals surface area (Å²) in [5.41, 5.74) is 3.08. The highest BCUT2D eigenvalue weighted by molar-refractivity contribution is 5.84. The molecule has 0 aromatic heterocycles. The molecule has 0 spiro atoms. The van der Waals surface area contributed by atoms with Crippen molar-refractivity contribution in [2.24, 2.45) is 5.10 Å². The van der Waals surface area contributed by atoms with E-state index in [0.717, 1.165) is 12.8 Å². The van der Waals surface area contributed by atoms with Crippen LogP contribution in [0, 0.1) is 0 Å². The van der Waals surface area contributed by atoms with Crippen molar-refractivity contribution < 1.29 is 9.90 Å². The predicted octanol–water partition coefficient (Wildman–Crippen LogP) is 3.98. The van der Waals surface area contributed by atoms with Crippen LogP contribution in [0.2, 0.25) is 0 Å². The first-order valence-corrected chi connectivity index (χ1v) is 7.84. The van der Waals surface area contributed by atoms with E-state index in [9.17, 15) is 9.90 Å². The quantitative estimate of drug-likeness (QED) is 0.389. The van der Waals surface area contributed by atoms with E-state index in [2.05, 4.69) is 17.5 Å². The van der Waals surface area contributed by atoms with E-state index in [1.165, 1.54) is 38.3 Å². The molecule has 1 rings (SSSR count). The van der Waals surface area contributed by atoms with Crippen molar-refractivity contribution in [3.05, 3.63) is 29.8 Å². The van der Waals surface area contributed by atoms with Crippen molar-refractivity contribution in [2.45, 2.75) is 58.3 Å². The van der Waals surface area contributed by atoms with Crippen LogP contribution in [-0.2, 0) is 4.79 Å². The summed E-state index contributed by atoms with van der Waals surface area (Å²) < 4.78 is 0. The predicted molar refractivity (Wildman–Crippen MR) is 86.5 cm³/mol. The van der Waals surface area contributed by atoms with Gasteiger partial charge in [0.05, 0.1) is 6.21 Å². The lowest BCUT2D eigenvalue weighted by Crippen LogP contribution is -2.16. The van der Waals surface area contributed by atoms with Gasteiger partial charge in [0, 0.05) is 12.0 Å². The molecular formula is C17H26N2O2. The third-order valence-electron chi connectivity index (χ3n) is 3.34. The van der Waals surface area contributed by atoms with Gasteiger partial charge in [-0.05, 0) is 18.6 Å². The Hall–Kier alpha value is -1.84. The van der Waals surface area contributed by atoms with Crippen LogP contribution in [0.15, 0.2) is 29.4 Å². The van der Waals surface area contributed by atoms with Crippen LogP contribution in [0.5, 0.6) is 5.75 Å². The smallest absolute Gasteiger partial charge is 0.240 e. The fraction of sp³-hybridized carbons (Fsp3) is 0.529. The third-order valence-corrected chi connectivity index (χ3v) is 3.34. The molecule has 116 valence electrons. The van der Waals surface area contributed by atoms with Crippen LogP contribution in [0.4, 0.5) is 0 Å². The van der Waals surface area contributed by atoms with Gasteiger partial charge in [0.15, 0.2) is 0 Å². The van der Waals surface area contributed by atoms with Gasteiger partial charge in [-0.15, -0.1) is 0 Å². The summed E-state index contributed by atoms with van der Waals surface area (Å²) in [6.45, 7) is 2.21. The number of amides is 1. The molecule has 0 unspecified atom stereocenters. The van der Waals surface area contributed by atoms with Crippen molar-refractivity contribution in [3.63, 3.8) is 0 Å². The first kappa shape index (κ1) is 17.2. The largest absolute Gasteiger partial charge is 0.507 e. The van der Waals surface area contributed by atoms with Gasteiger partial charge in [0.1, 0.15) is 5.75 Å². The Morgan fingerprint density at radius 3 is 2.52 bits per heavy atom. The van der Waals surface area contributed by atoms with Crippen molar-refractivity contribution in [1.29, 1.82) is 0 Å². The van der Waals surface area contributed by atoms with Crippen LogP contribution in [0.25, 0.3) is 0 Å². The van der Waals surface area contributed by atoms with Crippen molar-refractivity contribution in [3.8, 4) is 5.75 Å². The number of hydrogen-bond acceptors (Lipinski definition) is 3. The molecule has 0 saturated heterocycles. The number of phenolic OH excluding ortho intramolecular Hbond substituents is 1. The molecule has 21 heavy (non-hydrogen) atoms. The molecule has 0 aliphatic carbocycles. The number of hydrogen-bond donors (Lipinski definition) is 2. The molecule has 1 aromatic carbocycles. The van der Waals surface area contributed by atoms with E-state index >= 15 is 0 Å². The lowest BCUT2D eigenvalue weighted by Gasteiger charge is -2.01. The van der Waals surface area contributed by atoms with Gasteiger partial charge in [-0.2, -0.15) is 5.10 Å². The van der Waals surface area contributed by atoms with Gasteiger partial charge < -0.3 is 5.11 Å². The number of para-hydroxylation sites is 1.